The molecule has 0 aliphatic carbocycles. The van der Waals surface area contributed by atoms with E-state index in [4.69, 9.17) is 0 Å². The van der Waals surface area contributed by atoms with E-state index in [0.717, 1.165) is 28.9 Å². The van der Waals surface area contributed by atoms with E-state index in [2.05, 4.69) is 57.9 Å². The summed E-state index contributed by atoms with van der Waals surface area (Å²) >= 11 is 0. The molecule has 6 heteroatoms. The van der Waals surface area contributed by atoms with Crippen molar-refractivity contribution in [2.45, 2.75) is 13.0 Å². The molecule has 22 heavy (non-hydrogen) atoms. The normalized spacial score (nSPS) is 14.6. The molecule has 3 heterocycles. The maximum atomic E-state index is 11.8. The first-order valence-electron chi connectivity index (χ1n) is 7.21. The van der Waals surface area contributed by atoms with Crippen molar-refractivity contribution in [3.8, 4) is 0 Å². The number of nitrogens with one attached hydrogen (secondary N) is 2. The number of rotatable bonds is 2. The minimum atomic E-state index is -0.214. The Bertz CT molecular complexity index is 937. The van der Waals surface area contributed by atoms with E-state index in [1.807, 2.05) is 6.07 Å². The van der Waals surface area contributed by atoms with Gasteiger partial charge >= 0.3 is 0 Å². The molecule has 0 fully saturated rings. The highest BCUT2D eigenvalue weighted by Gasteiger charge is 2.16. The lowest BCUT2D eigenvalue weighted by molar-refractivity contribution is 0.560. The number of fused-ring (bicyclic) bond motifs is 2. The molecule has 0 unspecified atom stereocenters. The Balaban J connectivity index is 1.81. The van der Waals surface area contributed by atoms with Gasteiger partial charge in [0.2, 0.25) is 0 Å². The number of hydrogen-bond donors (Lipinski definition) is 2. The van der Waals surface area contributed by atoms with Gasteiger partial charge in [-0.2, -0.15) is 0 Å². The van der Waals surface area contributed by atoms with Crippen molar-refractivity contribution in [2.75, 3.05) is 11.9 Å². The molecule has 1 aliphatic heterocycles. The first-order chi connectivity index (χ1) is 10.7. The second kappa shape index (κ2) is 4.84. The summed E-state index contributed by atoms with van der Waals surface area (Å²) in [6, 6.07) is 8.12. The molecule has 0 saturated heterocycles. The maximum absolute atomic E-state index is 11.8. The highest BCUT2D eigenvalue weighted by atomic mass is 16.1. The fourth-order valence-corrected chi connectivity index (χ4v) is 2.80. The van der Waals surface area contributed by atoms with Crippen molar-refractivity contribution in [3.05, 3.63) is 58.0 Å². The molecule has 4 rings (SSSR count). The maximum Gasteiger partial charge on any atom is 0.278 e. The van der Waals surface area contributed by atoms with Crippen LogP contribution in [-0.4, -0.2) is 26.5 Å². The second-order valence-corrected chi connectivity index (χ2v) is 5.38. The van der Waals surface area contributed by atoms with Gasteiger partial charge in [-0.3, -0.25) is 4.79 Å². The predicted molar refractivity (Wildman–Crippen MR) is 85.9 cm³/mol. The van der Waals surface area contributed by atoms with Gasteiger partial charge in [-0.25, -0.2) is 4.68 Å². The number of aromatic amines is 1. The molecule has 110 valence electrons. The molecule has 0 amide bonds. The number of benzene rings is 1. The number of aromatic nitrogens is 4. The highest BCUT2D eigenvalue weighted by molar-refractivity contribution is 5.73. The van der Waals surface area contributed by atoms with Crippen LogP contribution in [0, 0.1) is 0 Å². The molecular formula is C16H15N5O. The molecule has 0 radical (unpaired) electrons. The van der Waals surface area contributed by atoms with E-state index in [-0.39, 0.29) is 11.6 Å². The third-order valence-electron chi connectivity index (χ3n) is 4.03. The average molecular weight is 293 g/mol. The summed E-state index contributed by atoms with van der Waals surface area (Å²) in [5, 5.41) is 11.5. The quantitative estimate of drug-likeness (QED) is 0.759. The van der Waals surface area contributed by atoms with Crippen LogP contribution in [0.5, 0.6) is 0 Å². The van der Waals surface area contributed by atoms with Crippen LogP contribution in [0.15, 0.2) is 41.3 Å². The van der Waals surface area contributed by atoms with Gasteiger partial charge < -0.3 is 10.3 Å². The molecule has 6 nitrogen and oxygen atoms in total. The van der Waals surface area contributed by atoms with Crippen molar-refractivity contribution in [3.63, 3.8) is 0 Å². The molecular weight excluding hydrogens is 278 g/mol. The van der Waals surface area contributed by atoms with Crippen LogP contribution < -0.4 is 10.9 Å². The van der Waals surface area contributed by atoms with Crippen LogP contribution >= 0.6 is 0 Å². The van der Waals surface area contributed by atoms with E-state index in [1.165, 1.54) is 0 Å². The fraction of sp³-hybridized carbons (Fsp3) is 0.188. The molecule has 2 N–H and O–H groups in total. The van der Waals surface area contributed by atoms with Gasteiger partial charge in [0, 0.05) is 18.4 Å². The number of H-pyrrole nitrogens is 1. The summed E-state index contributed by atoms with van der Waals surface area (Å²) in [6.45, 7) is 2.91. The van der Waals surface area contributed by atoms with E-state index < -0.39 is 0 Å². The minimum Gasteiger partial charge on any atom is -0.381 e. The number of nitrogens with zero attached hydrogens (tertiary/aromatic N) is 3. The third kappa shape index (κ3) is 1.92. The average Bonchev–Trinajstić information content (AvgIpc) is 2.99. The van der Waals surface area contributed by atoms with E-state index in [1.54, 1.807) is 10.9 Å². The second-order valence-electron chi connectivity index (χ2n) is 5.38. The van der Waals surface area contributed by atoms with Crippen molar-refractivity contribution < 1.29 is 0 Å². The van der Waals surface area contributed by atoms with Crippen molar-refractivity contribution in [1.82, 2.24) is 20.0 Å². The Kier molecular flexibility index (Phi) is 2.82. The first kappa shape index (κ1) is 12.8. The van der Waals surface area contributed by atoms with Crippen LogP contribution in [0.3, 0.4) is 0 Å². The Morgan fingerprint density at radius 1 is 1.32 bits per heavy atom. The zero-order valence-corrected chi connectivity index (χ0v) is 12.1. The first-order valence-corrected chi connectivity index (χ1v) is 7.21. The van der Waals surface area contributed by atoms with Crippen LogP contribution in [0.4, 0.5) is 5.69 Å². The molecule has 3 aromatic rings. The van der Waals surface area contributed by atoms with E-state index >= 15 is 0 Å². The fourth-order valence-electron chi connectivity index (χ4n) is 2.80. The lowest BCUT2D eigenvalue weighted by Crippen LogP contribution is -2.11. The Morgan fingerprint density at radius 2 is 2.23 bits per heavy atom. The van der Waals surface area contributed by atoms with Gasteiger partial charge in [0.1, 0.15) is 0 Å². The van der Waals surface area contributed by atoms with Gasteiger partial charge in [0.25, 0.3) is 5.56 Å². The Labute approximate surface area is 126 Å². The van der Waals surface area contributed by atoms with E-state index in [0.29, 0.717) is 5.52 Å². The summed E-state index contributed by atoms with van der Waals surface area (Å²) in [4.78, 5) is 14.4. The van der Waals surface area contributed by atoms with Gasteiger partial charge in [-0.15, -0.1) is 5.10 Å². The molecule has 2 aromatic heterocycles. The lowest BCUT2D eigenvalue weighted by atomic mass is 10.0. The summed E-state index contributed by atoms with van der Waals surface area (Å²) in [5.74, 6) is 0. The minimum absolute atomic E-state index is 0.00701. The third-order valence-corrected chi connectivity index (χ3v) is 4.03. The van der Waals surface area contributed by atoms with Gasteiger partial charge in [-0.1, -0.05) is 23.4 Å². The molecule has 0 spiro atoms. The van der Waals surface area contributed by atoms with E-state index in [9.17, 15) is 4.79 Å². The predicted octanol–water partition coefficient (Wildman–Crippen LogP) is 2.17. The largest absolute Gasteiger partial charge is 0.381 e. The molecule has 1 aliphatic rings. The van der Waals surface area contributed by atoms with Crippen molar-refractivity contribution in [2.24, 2.45) is 0 Å². The smallest absolute Gasteiger partial charge is 0.278 e. The van der Waals surface area contributed by atoms with Crippen LogP contribution in [0.1, 0.15) is 24.1 Å². The van der Waals surface area contributed by atoms with Crippen LogP contribution in [0.2, 0.25) is 0 Å². The number of pyridine rings is 1. The molecule has 0 bridgehead atoms. The monoisotopic (exact) mass is 293 g/mol. The van der Waals surface area contributed by atoms with Crippen LogP contribution in [-0.2, 0) is 0 Å². The van der Waals surface area contributed by atoms with Gasteiger partial charge in [-0.05, 0) is 36.2 Å². The zero-order valence-electron chi connectivity index (χ0n) is 12.1. The summed E-state index contributed by atoms with van der Waals surface area (Å²) in [7, 11) is 0. The Morgan fingerprint density at radius 3 is 3.14 bits per heavy atom. The topological polar surface area (TPSA) is 75.6 Å². The van der Waals surface area contributed by atoms with Crippen molar-refractivity contribution in [1.29, 1.82) is 0 Å². The molecule has 1 atom stereocenters. The SMILES string of the molecule is C[C@@H](c1ccc2c(c1)C=CCN2)n1nnc2c(=O)[nH]ccc21. The van der Waals surface area contributed by atoms with Gasteiger partial charge in [0.15, 0.2) is 5.52 Å². The summed E-state index contributed by atoms with van der Waals surface area (Å²) in [6.07, 6.45) is 5.84. The number of hydrogen-bond acceptors (Lipinski definition) is 4. The van der Waals surface area contributed by atoms with Gasteiger partial charge in [0.05, 0.1) is 11.6 Å². The standard InChI is InChI=1S/C16H15N5O/c1-10(11-4-5-13-12(9-11)3-2-7-17-13)21-14-6-8-18-16(22)15(14)19-20-21/h2-6,8-10,17H,7H2,1H3,(H,18,22)/t10-/m0/s1. The highest BCUT2D eigenvalue weighted by Crippen LogP contribution is 2.27. The van der Waals surface area contributed by atoms with Crippen molar-refractivity contribution >= 4 is 22.8 Å². The Hall–Kier alpha value is -2.89. The molecule has 1 aromatic carbocycles. The summed E-state index contributed by atoms with van der Waals surface area (Å²) < 4.78 is 1.78. The lowest BCUT2D eigenvalue weighted by Gasteiger charge is -2.18. The summed E-state index contributed by atoms with van der Waals surface area (Å²) in [5.41, 5.74) is 4.32. The zero-order chi connectivity index (χ0) is 15.1. The molecule has 0 saturated carbocycles. The number of anilines is 1. The van der Waals surface area contributed by atoms with Crippen LogP contribution in [0.25, 0.3) is 17.1 Å².